The maximum atomic E-state index is 12.4. The summed E-state index contributed by atoms with van der Waals surface area (Å²) < 4.78 is 5.07. The number of nitrogens with zero attached hydrogens (tertiary/aromatic N) is 2. The van der Waals surface area contributed by atoms with Gasteiger partial charge >= 0.3 is 0 Å². The van der Waals surface area contributed by atoms with Crippen LogP contribution in [0.2, 0.25) is 0 Å². The van der Waals surface area contributed by atoms with E-state index in [1.54, 1.807) is 55.6 Å². The number of phenolic OH excluding ortho intramolecular Hbond substituents is 1. The fourth-order valence-electron chi connectivity index (χ4n) is 2.36. The topological polar surface area (TPSA) is 100 Å². The van der Waals surface area contributed by atoms with E-state index in [0.29, 0.717) is 16.5 Å². The quantitative estimate of drug-likeness (QED) is 0.454. The minimum atomic E-state index is -0.540. The Kier molecular flexibility index (Phi) is 5.87. The molecule has 2 N–H and O–H groups in total. The Balaban J connectivity index is 1.59. The highest BCUT2D eigenvalue weighted by Gasteiger charge is 2.32. The van der Waals surface area contributed by atoms with Gasteiger partial charge in [0, 0.05) is 12.0 Å². The van der Waals surface area contributed by atoms with Crippen molar-refractivity contribution in [3.05, 3.63) is 59.7 Å². The molecule has 1 saturated heterocycles. The zero-order valence-electron chi connectivity index (χ0n) is 14.5. The number of ether oxygens (including phenoxy) is 1. The molecule has 1 fully saturated rings. The molecule has 1 aliphatic heterocycles. The minimum absolute atomic E-state index is 0.0729. The fourth-order valence-corrected chi connectivity index (χ4v) is 3.28. The Morgan fingerprint density at radius 2 is 1.93 bits per heavy atom. The number of carbonyl (C=O) groups excluding carboxylic acids is 2. The van der Waals surface area contributed by atoms with Crippen LogP contribution in [0.1, 0.15) is 22.3 Å². The molecule has 2 aromatic rings. The van der Waals surface area contributed by atoms with Crippen LogP contribution in [-0.4, -0.2) is 40.5 Å². The van der Waals surface area contributed by atoms with Crippen molar-refractivity contribution < 1.29 is 19.4 Å². The summed E-state index contributed by atoms with van der Waals surface area (Å²) in [7, 11) is 1.56. The van der Waals surface area contributed by atoms with Crippen molar-refractivity contribution in [2.45, 2.75) is 11.7 Å². The van der Waals surface area contributed by atoms with Gasteiger partial charge in [-0.3, -0.25) is 9.59 Å². The lowest BCUT2D eigenvalue weighted by Gasteiger charge is -2.05. The van der Waals surface area contributed by atoms with E-state index in [4.69, 9.17) is 4.74 Å². The molecule has 1 heterocycles. The summed E-state index contributed by atoms with van der Waals surface area (Å²) in [6.45, 7) is 0. The monoisotopic (exact) mass is 383 g/mol. The van der Waals surface area contributed by atoms with Crippen LogP contribution in [0.3, 0.4) is 0 Å². The number of Topliss-reactive ketones (excluding diaryl/α,β-unsaturated/α-hetero) is 1. The summed E-state index contributed by atoms with van der Waals surface area (Å²) in [5.41, 5.74) is 1.29. The van der Waals surface area contributed by atoms with E-state index >= 15 is 0 Å². The van der Waals surface area contributed by atoms with Crippen LogP contribution >= 0.6 is 11.8 Å². The maximum Gasteiger partial charge on any atom is 0.240 e. The van der Waals surface area contributed by atoms with Crippen LogP contribution in [0.25, 0.3) is 0 Å². The molecule has 1 aliphatic rings. The van der Waals surface area contributed by atoms with E-state index in [1.165, 1.54) is 18.0 Å². The summed E-state index contributed by atoms with van der Waals surface area (Å²) in [5, 5.41) is 19.6. The van der Waals surface area contributed by atoms with E-state index in [1.807, 2.05) is 0 Å². The summed E-state index contributed by atoms with van der Waals surface area (Å²) in [6, 6.07) is 13.2. The van der Waals surface area contributed by atoms with Gasteiger partial charge in [0.25, 0.3) is 0 Å². The van der Waals surface area contributed by atoms with Gasteiger partial charge in [-0.25, -0.2) is 0 Å². The molecule has 0 aliphatic carbocycles. The van der Waals surface area contributed by atoms with Crippen LogP contribution in [0.4, 0.5) is 0 Å². The molecule has 3 rings (SSSR count). The highest BCUT2D eigenvalue weighted by molar-refractivity contribution is 8.15. The zero-order chi connectivity index (χ0) is 19.2. The number of nitrogens with one attached hydrogen (secondary N) is 1. The lowest BCUT2D eigenvalue weighted by Crippen LogP contribution is -2.26. The van der Waals surface area contributed by atoms with Gasteiger partial charge in [-0.15, -0.1) is 5.10 Å². The number of benzene rings is 2. The molecule has 8 heteroatoms. The van der Waals surface area contributed by atoms with Gasteiger partial charge in [-0.2, -0.15) is 5.10 Å². The second kappa shape index (κ2) is 8.50. The first-order valence-electron chi connectivity index (χ1n) is 8.10. The average molecular weight is 383 g/mol. The molecule has 0 spiro atoms. The number of ketones is 1. The number of amides is 1. The molecule has 0 saturated carbocycles. The number of hydrogen-bond acceptors (Lipinski definition) is 7. The van der Waals surface area contributed by atoms with Crippen molar-refractivity contribution in [1.82, 2.24) is 5.32 Å². The van der Waals surface area contributed by atoms with Crippen molar-refractivity contribution in [3.63, 3.8) is 0 Å². The highest BCUT2D eigenvalue weighted by atomic mass is 32.2. The molecule has 0 aromatic heterocycles. The third kappa shape index (κ3) is 4.95. The van der Waals surface area contributed by atoms with Crippen molar-refractivity contribution in [2.24, 2.45) is 10.2 Å². The molecular weight excluding hydrogens is 366 g/mol. The van der Waals surface area contributed by atoms with Crippen molar-refractivity contribution in [3.8, 4) is 11.5 Å². The second-order valence-corrected chi connectivity index (χ2v) is 6.88. The Hall–Kier alpha value is -3.13. The largest absolute Gasteiger partial charge is 0.508 e. The van der Waals surface area contributed by atoms with Crippen LogP contribution in [0, 0.1) is 0 Å². The molecule has 1 amide bonds. The second-order valence-electron chi connectivity index (χ2n) is 5.69. The van der Waals surface area contributed by atoms with Gasteiger partial charge in [0.05, 0.1) is 18.6 Å². The van der Waals surface area contributed by atoms with E-state index in [0.717, 1.165) is 5.56 Å². The summed E-state index contributed by atoms with van der Waals surface area (Å²) in [4.78, 5) is 24.4. The minimum Gasteiger partial charge on any atom is -0.508 e. The van der Waals surface area contributed by atoms with Crippen LogP contribution < -0.4 is 10.1 Å². The maximum absolute atomic E-state index is 12.4. The third-order valence-electron chi connectivity index (χ3n) is 3.81. The number of aromatic hydroxyl groups is 1. The van der Waals surface area contributed by atoms with Crippen LogP contribution in [0.15, 0.2) is 58.7 Å². The Morgan fingerprint density at radius 1 is 1.22 bits per heavy atom. The van der Waals surface area contributed by atoms with E-state index < -0.39 is 5.25 Å². The number of rotatable bonds is 6. The highest BCUT2D eigenvalue weighted by Crippen LogP contribution is 2.24. The fraction of sp³-hybridized carbons (Fsp3) is 0.158. The van der Waals surface area contributed by atoms with E-state index in [-0.39, 0.29) is 23.9 Å². The third-order valence-corrected chi connectivity index (χ3v) is 4.88. The summed E-state index contributed by atoms with van der Waals surface area (Å²) in [6.07, 6.45) is 1.58. The molecule has 7 nitrogen and oxygen atoms in total. The number of carbonyl (C=O) groups is 2. The smallest absolute Gasteiger partial charge is 0.240 e. The van der Waals surface area contributed by atoms with Crippen molar-refractivity contribution >= 4 is 34.8 Å². The predicted octanol–water partition coefficient (Wildman–Crippen LogP) is 2.60. The van der Waals surface area contributed by atoms with Crippen molar-refractivity contribution in [1.29, 1.82) is 0 Å². The summed E-state index contributed by atoms with van der Waals surface area (Å²) in [5.74, 6) is 0.446. The number of methoxy groups -OCH3 is 1. The van der Waals surface area contributed by atoms with Crippen molar-refractivity contribution in [2.75, 3.05) is 7.11 Å². The van der Waals surface area contributed by atoms with Gasteiger partial charge in [-0.1, -0.05) is 11.8 Å². The van der Waals surface area contributed by atoms with E-state index in [2.05, 4.69) is 15.5 Å². The summed E-state index contributed by atoms with van der Waals surface area (Å²) >= 11 is 1.18. The lowest BCUT2D eigenvalue weighted by molar-refractivity contribution is -0.118. The zero-order valence-corrected chi connectivity index (χ0v) is 15.3. The number of thioether (sulfide) groups is 1. The number of phenols is 1. The first-order chi connectivity index (χ1) is 13.0. The average Bonchev–Trinajstić information content (AvgIpc) is 3.02. The molecule has 1 atom stereocenters. The Morgan fingerprint density at radius 3 is 2.59 bits per heavy atom. The molecule has 138 valence electrons. The molecule has 0 radical (unpaired) electrons. The molecule has 2 aromatic carbocycles. The molecule has 0 bridgehead atoms. The molecule has 27 heavy (non-hydrogen) atoms. The number of amidine groups is 1. The Bertz CT molecular complexity index is 892. The first-order valence-corrected chi connectivity index (χ1v) is 8.98. The SMILES string of the molecule is COc1ccc(C(=O)CC2S/C(=N\N=C\c3ccc(O)cc3)NC2=O)cc1. The normalized spacial score (nSPS) is 18.0. The van der Waals surface area contributed by atoms with Gasteiger partial charge in [0.2, 0.25) is 5.91 Å². The van der Waals surface area contributed by atoms with E-state index in [9.17, 15) is 14.7 Å². The molecular formula is C19H17N3O4S. The Labute approximate surface area is 160 Å². The predicted molar refractivity (Wildman–Crippen MR) is 105 cm³/mol. The van der Waals surface area contributed by atoms with Gasteiger partial charge in [0.1, 0.15) is 11.5 Å². The first kappa shape index (κ1) is 18.7. The van der Waals surface area contributed by atoms with Gasteiger partial charge in [-0.05, 0) is 54.1 Å². The standard InChI is InChI=1S/C19H17N3O4S/c1-26-15-8-4-13(5-9-15)16(24)10-17-18(25)21-19(27-17)22-20-11-12-2-6-14(23)7-3-12/h2-9,11,17,23H,10H2,1H3,(H,21,22,25)/b20-11+. The molecule has 1 unspecified atom stereocenters. The van der Waals surface area contributed by atoms with Gasteiger partial charge in [0.15, 0.2) is 11.0 Å². The van der Waals surface area contributed by atoms with Gasteiger partial charge < -0.3 is 15.2 Å². The van der Waals surface area contributed by atoms with Crippen LogP contribution in [0.5, 0.6) is 11.5 Å². The van der Waals surface area contributed by atoms with Crippen LogP contribution in [-0.2, 0) is 4.79 Å². The lowest BCUT2D eigenvalue weighted by atomic mass is 10.1. The number of hydrogen-bond donors (Lipinski definition) is 2.